The summed E-state index contributed by atoms with van der Waals surface area (Å²) in [5.41, 5.74) is -1.21. The molecule has 13 heavy (non-hydrogen) atoms. The standard InChI is InChI=1S/C7H4ClF4N/c8-2-4-3(6(10)11)1-5(9)13-7(4)12/h1,6H,2H2. The van der Waals surface area contributed by atoms with Crippen molar-refractivity contribution in [3.63, 3.8) is 0 Å². The van der Waals surface area contributed by atoms with Crippen LogP contribution in [0.3, 0.4) is 0 Å². The predicted octanol–water partition coefficient (Wildman–Crippen LogP) is 3.04. The maximum absolute atomic E-state index is 12.7. The quantitative estimate of drug-likeness (QED) is 0.418. The van der Waals surface area contributed by atoms with Crippen LogP contribution in [0.5, 0.6) is 0 Å². The third-order valence-electron chi connectivity index (χ3n) is 1.45. The molecule has 1 aromatic rings. The third kappa shape index (κ3) is 2.09. The van der Waals surface area contributed by atoms with E-state index in [1.807, 2.05) is 0 Å². The Morgan fingerprint density at radius 3 is 2.46 bits per heavy atom. The van der Waals surface area contributed by atoms with Crippen molar-refractivity contribution in [3.8, 4) is 0 Å². The lowest BCUT2D eigenvalue weighted by molar-refractivity contribution is 0.149. The van der Waals surface area contributed by atoms with Crippen LogP contribution >= 0.6 is 11.6 Å². The Balaban J connectivity index is 3.29. The molecule has 1 heterocycles. The van der Waals surface area contributed by atoms with Crippen LogP contribution in [0.2, 0.25) is 0 Å². The molecular formula is C7H4ClF4N. The molecule has 0 unspecified atom stereocenters. The van der Waals surface area contributed by atoms with Gasteiger partial charge in [-0.2, -0.15) is 13.8 Å². The first-order chi connectivity index (χ1) is 6.06. The van der Waals surface area contributed by atoms with Gasteiger partial charge in [0.15, 0.2) is 0 Å². The predicted molar refractivity (Wildman–Crippen MR) is 38.7 cm³/mol. The van der Waals surface area contributed by atoms with E-state index in [0.29, 0.717) is 6.07 Å². The second-order valence-corrected chi connectivity index (χ2v) is 2.51. The van der Waals surface area contributed by atoms with Gasteiger partial charge in [0.1, 0.15) is 0 Å². The molecule has 0 amide bonds. The summed E-state index contributed by atoms with van der Waals surface area (Å²) in [6, 6.07) is 0.478. The molecule has 0 fully saturated rings. The minimum absolute atomic E-state index is 0.460. The van der Waals surface area contributed by atoms with E-state index < -0.39 is 35.3 Å². The molecule has 0 aromatic carbocycles. The highest BCUT2D eigenvalue weighted by atomic mass is 35.5. The van der Waals surface area contributed by atoms with E-state index in [9.17, 15) is 17.6 Å². The summed E-state index contributed by atoms with van der Waals surface area (Å²) in [7, 11) is 0. The monoisotopic (exact) mass is 213 g/mol. The van der Waals surface area contributed by atoms with Gasteiger partial charge in [-0.3, -0.25) is 0 Å². The summed E-state index contributed by atoms with van der Waals surface area (Å²) in [5, 5.41) is 0. The van der Waals surface area contributed by atoms with Gasteiger partial charge in [0.25, 0.3) is 6.43 Å². The van der Waals surface area contributed by atoms with Crippen LogP contribution in [0.25, 0.3) is 0 Å². The van der Waals surface area contributed by atoms with Crippen LogP contribution in [0.15, 0.2) is 6.07 Å². The van der Waals surface area contributed by atoms with Gasteiger partial charge < -0.3 is 0 Å². The maximum atomic E-state index is 12.7. The number of pyridine rings is 1. The largest absolute Gasteiger partial charge is 0.264 e. The van der Waals surface area contributed by atoms with E-state index in [-0.39, 0.29) is 0 Å². The van der Waals surface area contributed by atoms with Crippen LogP contribution < -0.4 is 0 Å². The van der Waals surface area contributed by atoms with Crippen LogP contribution in [0.4, 0.5) is 17.6 Å². The smallest absolute Gasteiger partial charge is 0.205 e. The van der Waals surface area contributed by atoms with Gasteiger partial charge in [-0.15, -0.1) is 11.6 Å². The lowest BCUT2D eigenvalue weighted by Crippen LogP contribution is -2.01. The van der Waals surface area contributed by atoms with Crippen LogP contribution in [-0.4, -0.2) is 4.98 Å². The van der Waals surface area contributed by atoms with Gasteiger partial charge in [-0.05, 0) is 0 Å². The van der Waals surface area contributed by atoms with Gasteiger partial charge in [-0.25, -0.2) is 8.78 Å². The normalized spacial score (nSPS) is 10.9. The lowest BCUT2D eigenvalue weighted by Gasteiger charge is -2.05. The molecule has 72 valence electrons. The molecule has 0 aliphatic rings. The van der Waals surface area contributed by atoms with Crippen molar-refractivity contribution in [2.24, 2.45) is 0 Å². The lowest BCUT2D eigenvalue weighted by atomic mass is 10.1. The topological polar surface area (TPSA) is 12.9 Å². The van der Waals surface area contributed by atoms with Crippen molar-refractivity contribution in [3.05, 3.63) is 29.1 Å². The molecule has 1 aromatic heterocycles. The van der Waals surface area contributed by atoms with Crippen LogP contribution in [-0.2, 0) is 5.88 Å². The van der Waals surface area contributed by atoms with Gasteiger partial charge in [0.05, 0.1) is 5.88 Å². The maximum Gasteiger partial charge on any atom is 0.264 e. The first kappa shape index (κ1) is 10.2. The molecule has 1 nitrogen and oxygen atoms in total. The molecule has 0 radical (unpaired) electrons. The average molecular weight is 214 g/mol. The zero-order valence-electron chi connectivity index (χ0n) is 6.20. The van der Waals surface area contributed by atoms with E-state index in [0.717, 1.165) is 0 Å². The third-order valence-corrected chi connectivity index (χ3v) is 1.71. The van der Waals surface area contributed by atoms with E-state index in [1.165, 1.54) is 0 Å². The van der Waals surface area contributed by atoms with E-state index in [1.54, 1.807) is 0 Å². The van der Waals surface area contributed by atoms with E-state index >= 15 is 0 Å². The Labute approximate surface area is 76.3 Å². The zero-order chi connectivity index (χ0) is 10.0. The second kappa shape index (κ2) is 3.91. The van der Waals surface area contributed by atoms with Crippen molar-refractivity contribution in [2.45, 2.75) is 12.3 Å². The SMILES string of the molecule is Fc1cc(C(F)F)c(CCl)c(F)n1. The number of aromatic nitrogens is 1. The summed E-state index contributed by atoms with van der Waals surface area (Å²) in [6.07, 6.45) is -2.96. The van der Waals surface area contributed by atoms with Crippen molar-refractivity contribution in [2.75, 3.05) is 0 Å². The van der Waals surface area contributed by atoms with Crippen LogP contribution in [0, 0.1) is 11.9 Å². The van der Waals surface area contributed by atoms with Gasteiger partial charge >= 0.3 is 0 Å². The molecule has 0 aliphatic heterocycles. The Bertz CT molecular complexity index is 316. The number of hydrogen-bond donors (Lipinski definition) is 0. The minimum atomic E-state index is -2.96. The van der Waals surface area contributed by atoms with E-state index in [4.69, 9.17) is 11.6 Å². The van der Waals surface area contributed by atoms with Crippen molar-refractivity contribution in [1.82, 2.24) is 4.98 Å². The average Bonchev–Trinajstić information content (AvgIpc) is 2.02. The number of alkyl halides is 3. The van der Waals surface area contributed by atoms with Crippen molar-refractivity contribution >= 4 is 11.6 Å². The highest BCUT2D eigenvalue weighted by Gasteiger charge is 2.18. The van der Waals surface area contributed by atoms with Gasteiger partial charge in [0.2, 0.25) is 11.9 Å². The molecule has 6 heteroatoms. The fourth-order valence-electron chi connectivity index (χ4n) is 0.855. The van der Waals surface area contributed by atoms with Crippen molar-refractivity contribution in [1.29, 1.82) is 0 Å². The molecule has 0 spiro atoms. The number of halogens is 5. The van der Waals surface area contributed by atoms with E-state index in [2.05, 4.69) is 4.98 Å². The summed E-state index contributed by atoms with van der Waals surface area (Å²) in [6.45, 7) is 0. The fourth-order valence-corrected chi connectivity index (χ4v) is 1.12. The summed E-state index contributed by atoms with van der Waals surface area (Å²) >= 11 is 5.20. The molecule has 0 saturated heterocycles. The zero-order valence-corrected chi connectivity index (χ0v) is 6.95. The number of rotatable bonds is 2. The molecule has 0 N–H and O–H groups in total. The first-order valence-electron chi connectivity index (χ1n) is 3.25. The summed E-state index contributed by atoms with van der Waals surface area (Å²) in [4.78, 5) is 2.74. The summed E-state index contributed by atoms with van der Waals surface area (Å²) in [5.74, 6) is -3.02. The Morgan fingerprint density at radius 1 is 1.38 bits per heavy atom. The molecular weight excluding hydrogens is 210 g/mol. The van der Waals surface area contributed by atoms with Crippen molar-refractivity contribution < 1.29 is 17.6 Å². The first-order valence-corrected chi connectivity index (χ1v) is 3.78. The Morgan fingerprint density at radius 2 is 2.00 bits per heavy atom. The molecule has 0 atom stereocenters. The fraction of sp³-hybridized carbons (Fsp3) is 0.286. The molecule has 1 rings (SSSR count). The molecule has 0 saturated carbocycles. The van der Waals surface area contributed by atoms with Crippen LogP contribution in [0.1, 0.15) is 17.6 Å². The van der Waals surface area contributed by atoms with Gasteiger partial charge in [0, 0.05) is 17.2 Å². The number of hydrogen-bond acceptors (Lipinski definition) is 1. The number of nitrogens with zero attached hydrogens (tertiary/aromatic N) is 1. The highest BCUT2D eigenvalue weighted by Crippen LogP contribution is 2.25. The minimum Gasteiger partial charge on any atom is -0.205 e. The van der Waals surface area contributed by atoms with Gasteiger partial charge in [-0.1, -0.05) is 0 Å². The summed E-state index contributed by atoms with van der Waals surface area (Å²) < 4.78 is 49.4. The second-order valence-electron chi connectivity index (χ2n) is 2.24. The molecule has 0 aliphatic carbocycles. The highest BCUT2D eigenvalue weighted by molar-refractivity contribution is 6.17. The Hall–Kier alpha value is -0.840. The molecule has 0 bridgehead atoms. The Kier molecular flexibility index (Phi) is 3.08.